The summed E-state index contributed by atoms with van der Waals surface area (Å²) in [5.74, 6) is -0.946. The number of hydrogen-bond donors (Lipinski definition) is 1. The Morgan fingerprint density at radius 2 is 1.86 bits per heavy atom. The van der Waals surface area contributed by atoms with Gasteiger partial charge >= 0.3 is 5.91 Å². The fraction of sp³-hybridized carbons (Fsp3) is 0.207. The number of nitrogens with zero attached hydrogens (tertiary/aromatic N) is 2. The molecule has 0 saturated carbocycles. The molecule has 3 aromatic carbocycles. The summed E-state index contributed by atoms with van der Waals surface area (Å²) in [4.78, 5) is 33.2. The average molecular weight is 531 g/mol. The smallest absolute Gasteiger partial charge is 0.301 e. The molecule has 1 fully saturated rings. The zero-order valence-corrected chi connectivity index (χ0v) is 22.0. The minimum atomic E-state index is -0.859. The number of aliphatic hydroxyl groups excluding tert-OH is 1. The van der Waals surface area contributed by atoms with E-state index < -0.39 is 17.7 Å². The molecule has 0 unspecified atom stereocenters. The molecule has 0 bridgehead atoms. The van der Waals surface area contributed by atoms with Crippen LogP contribution in [0.15, 0.2) is 60.2 Å². The van der Waals surface area contributed by atoms with Crippen molar-refractivity contribution in [2.24, 2.45) is 0 Å². The molecule has 3 heterocycles. The van der Waals surface area contributed by atoms with Crippen LogP contribution in [-0.4, -0.2) is 27.9 Å². The lowest BCUT2D eigenvalue weighted by Crippen LogP contribution is -2.29. The number of anilines is 1. The second kappa shape index (κ2) is 8.71. The van der Waals surface area contributed by atoms with E-state index in [0.717, 1.165) is 32.7 Å². The molecule has 4 aromatic rings. The zero-order valence-electron chi connectivity index (χ0n) is 20.4. The highest BCUT2D eigenvalue weighted by Crippen LogP contribution is 2.45. The van der Waals surface area contributed by atoms with E-state index in [4.69, 9.17) is 21.3 Å². The van der Waals surface area contributed by atoms with Gasteiger partial charge in [0.25, 0.3) is 5.78 Å². The van der Waals surface area contributed by atoms with Crippen LogP contribution >= 0.6 is 22.9 Å². The largest absolute Gasteiger partial charge is 0.507 e. The molecule has 186 valence electrons. The van der Waals surface area contributed by atoms with Crippen molar-refractivity contribution >= 4 is 55.7 Å². The van der Waals surface area contributed by atoms with Crippen LogP contribution in [0.4, 0.5) is 5.13 Å². The van der Waals surface area contributed by atoms with E-state index in [9.17, 15) is 14.7 Å². The molecule has 0 radical (unpaired) electrons. The number of aromatic nitrogens is 1. The third kappa shape index (κ3) is 3.90. The van der Waals surface area contributed by atoms with E-state index in [1.807, 2.05) is 39.0 Å². The van der Waals surface area contributed by atoms with E-state index in [0.29, 0.717) is 27.7 Å². The Bertz CT molecular complexity index is 1640. The summed E-state index contributed by atoms with van der Waals surface area (Å²) in [5, 5.41) is 12.4. The predicted octanol–water partition coefficient (Wildman–Crippen LogP) is 6.52. The number of ether oxygens (including phenoxy) is 1. The number of hydrogen-bond acceptors (Lipinski definition) is 6. The lowest BCUT2D eigenvalue weighted by atomic mass is 9.94. The first-order chi connectivity index (χ1) is 17.7. The molecule has 2 aliphatic rings. The molecular formula is C29H23ClN2O4S. The summed E-state index contributed by atoms with van der Waals surface area (Å²) in [6.45, 7) is 5.96. The number of halogens is 1. The average Bonchev–Trinajstić information content (AvgIpc) is 3.52. The minimum Gasteiger partial charge on any atom is -0.507 e. The topological polar surface area (TPSA) is 79.7 Å². The fourth-order valence-corrected chi connectivity index (χ4v) is 6.47. The van der Waals surface area contributed by atoms with Gasteiger partial charge in [0.2, 0.25) is 0 Å². The first kappa shape index (κ1) is 23.7. The molecule has 1 aromatic heterocycles. The summed E-state index contributed by atoms with van der Waals surface area (Å²) in [6, 6.07) is 15.5. The van der Waals surface area contributed by atoms with Crippen LogP contribution in [0, 0.1) is 13.8 Å². The van der Waals surface area contributed by atoms with Gasteiger partial charge in [-0.1, -0.05) is 41.1 Å². The quantitative estimate of drug-likeness (QED) is 0.185. The minimum absolute atomic E-state index is 0.0198. The molecule has 6 nitrogen and oxygen atoms in total. The number of rotatable bonds is 3. The lowest BCUT2D eigenvalue weighted by molar-refractivity contribution is -0.132. The van der Waals surface area contributed by atoms with E-state index >= 15 is 0 Å². The van der Waals surface area contributed by atoms with Crippen molar-refractivity contribution < 1.29 is 19.4 Å². The molecule has 2 aliphatic heterocycles. The van der Waals surface area contributed by atoms with Gasteiger partial charge in [-0.25, -0.2) is 4.98 Å². The maximum absolute atomic E-state index is 13.5. The van der Waals surface area contributed by atoms with Crippen molar-refractivity contribution in [3.8, 4) is 5.75 Å². The molecule has 8 heteroatoms. The predicted molar refractivity (Wildman–Crippen MR) is 146 cm³/mol. The second-order valence-corrected chi connectivity index (χ2v) is 11.0. The second-order valence-electron chi connectivity index (χ2n) is 9.60. The van der Waals surface area contributed by atoms with Crippen LogP contribution in [0.25, 0.3) is 16.0 Å². The van der Waals surface area contributed by atoms with Crippen molar-refractivity contribution in [2.75, 3.05) is 4.90 Å². The first-order valence-electron chi connectivity index (χ1n) is 12.0. The van der Waals surface area contributed by atoms with Crippen molar-refractivity contribution in [2.45, 2.75) is 39.3 Å². The third-order valence-electron chi connectivity index (χ3n) is 6.82. The molecule has 0 aliphatic carbocycles. The van der Waals surface area contributed by atoms with Crippen molar-refractivity contribution in [1.82, 2.24) is 4.98 Å². The number of carbonyl (C=O) groups excluding carboxylic acids is 2. The highest BCUT2D eigenvalue weighted by molar-refractivity contribution is 7.22. The highest BCUT2D eigenvalue weighted by atomic mass is 35.5. The Labute approximate surface area is 222 Å². The number of ketones is 1. The number of Topliss-reactive ketones (excluding diaryl/α,β-unsaturated/α-hetero) is 1. The Kier molecular flexibility index (Phi) is 5.58. The Hall–Kier alpha value is -3.68. The number of thiazole rings is 1. The zero-order chi connectivity index (χ0) is 26.0. The van der Waals surface area contributed by atoms with Gasteiger partial charge in [-0.05, 0) is 79.4 Å². The summed E-state index contributed by atoms with van der Waals surface area (Å²) >= 11 is 7.50. The molecular weight excluding hydrogens is 508 g/mol. The van der Waals surface area contributed by atoms with Gasteiger partial charge in [-0.3, -0.25) is 14.5 Å². The molecule has 6 rings (SSSR count). The normalized spacial score (nSPS) is 20.5. The van der Waals surface area contributed by atoms with Crippen molar-refractivity contribution in [3.63, 3.8) is 0 Å². The molecule has 2 atom stereocenters. The van der Waals surface area contributed by atoms with Crippen LogP contribution < -0.4 is 9.64 Å². The Morgan fingerprint density at radius 3 is 2.62 bits per heavy atom. The SMILES string of the molecule is Cc1cc(C)c2nc(N3C(=O)C(=O)C(=C(O)c4ccc5c(c4)C[C@H](C)O5)[C@@H]3c3ccc(Cl)cc3)sc2c1. The molecule has 1 amide bonds. The van der Waals surface area contributed by atoms with E-state index in [1.54, 1.807) is 36.4 Å². The number of aryl methyl sites for hydroxylation is 2. The van der Waals surface area contributed by atoms with Gasteiger partial charge in [0, 0.05) is 17.0 Å². The Morgan fingerprint density at radius 1 is 1.11 bits per heavy atom. The maximum Gasteiger partial charge on any atom is 0.301 e. The summed E-state index contributed by atoms with van der Waals surface area (Å²) < 4.78 is 6.71. The number of fused-ring (bicyclic) bond motifs is 2. The molecule has 1 saturated heterocycles. The molecule has 1 N–H and O–H groups in total. The lowest BCUT2D eigenvalue weighted by Gasteiger charge is -2.23. The first-order valence-corrected chi connectivity index (χ1v) is 13.1. The summed E-state index contributed by atoms with van der Waals surface area (Å²) in [6.07, 6.45) is 0.744. The van der Waals surface area contributed by atoms with Gasteiger partial charge in [0.15, 0.2) is 5.13 Å². The third-order valence-corrected chi connectivity index (χ3v) is 8.08. The van der Waals surface area contributed by atoms with Gasteiger partial charge in [0.1, 0.15) is 17.6 Å². The van der Waals surface area contributed by atoms with Gasteiger partial charge in [-0.15, -0.1) is 0 Å². The molecule has 0 spiro atoms. The van der Waals surface area contributed by atoms with Gasteiger partial charge < -0.3 is 9.84 Å². The van der Waals surface area contributed by atoms with E-state index in [-0.39, 0.29) is 17.4 Å². The molecule has 37 heavy (non-hydrogen) atoms. The van der Waals surface area contributed by atoms with Crippen LogP contribution in [-0.2, 0) is 16.0 Å². The van der Waals surface area contributed by atoms with E-state index in [1.165, 1.54) is 16.2 Å². The van der Waals surface area contributed by atoms with Gasteiger partial charge in [0.05, 0.1) is 21.8 Å². The maximum atomic E-state index is 13.5. The number of benzene rings is 3. The summed E-state index contributed by atoms with van der Waals surface area (Å²) in [5.41, 5.74) is 4.95. The van der Waals surface area contributed by atoms with E-state index in [2.05, 4.69) is 0 Å². The summed E-state index contributed by atoms with van der Waals surface area (Å²) in [7, 11) is 0. The fourth-order valence-electron chi connectivity index (χ4n) is 5.18. The Balaban J connectivity index is 1.54. The standard InChI is InChI=1S/C29H23ClN2O4S/c1-14-10-15(2)24-22(11-14)37-29(31-24)32-25(17-4-7-20(30)8-5-17)23(27(34)28(32)35)26(33)18-6-9-21-19(13-18)12-16(3)36-21/h4-11,13,16,25,33H,12H2,1-3H3/t16-,25-/m0/s1. The van der Waals surface area contributed by atoms with Gasteiger partial charge in [-0.2, -0.15) is 0 Å². The number of amides is 1. The number of aliphatic hydroxyl groups is 1. The van der Waals surface area contributed by atoms with Crippen molar-refractivity contribution in [1.29, 1.82) is 0 Å². The number of carbonyl (C=O) groups is 2. The highest BCUT2D eigenvalue weighted by Gasteiger charge is 2.48. The van der Waals surface area contributed by atoms with Crippen LogP contribution in [0.3, 0.4) is 0 Å². The van der Waals surface area contributed by atoms with Crippen LogP contribution in [0.2, 0.25) is 5.02 Å². The monoisotopic (exact) mass is 530 g/mol. The van der Waals surface area contributed by atoms with Crippen LogP contribution in [0.5, 0.6) is 5.75 Å². The van der Waals surface area contributed by atoms with Crippen LogP contribution in [0.1, 0.15) is 40.8 Å². The van der Waals surface area contributed by atoms with Crippen molar-refractivity contribution in [3.05, 3.63) is 93.0 Å².